The van der Waals surface area contributed by atoms with Crippen molar-refractivity contribution >= 4 is 0 Å². The van der Waals surface area contributed by atoms with Gasteiger partial charge in [-0.25, -0.2) is 0 Å². The third-order valence-corrected chi connectivity index (χ3v) is 3.39. The normalized spacial score (nSPS) is 24.7. The lowest BCUT2D eigenvalue weighted by Crippen LogP contribution is -2.44. The zero-order valence-corrected chi connectivity index (χ0v) is 12.4. The Labute approximate surface area is 111 Å². The number of methoxy groups -OCH3 is 1. The van der Waals surface area contributed by atoms with Gasteiger partial charge in [-0.3, -0.25) is 0 Å². The predicted octanol–water partition coefficient (Wildman–Crippen LogP) is 1.83. The van der Waals surface area contributed by atoms with Gasteiger partial charge in [0.2, 0.25) is 0 Å². The van der Waals surface area contributed by atoms with Crippen molar-refractivity contribution in [2.45, 2.75) is 39.2 Å². The van der Waals surface area contributed by atoms with Gasteiger partial charge in [0.05, 0.1) is 19.8 Å². The van der Waals surface area contributed by atoms with Crippen molar-refractivity contribution in [2.75, 3.05) is 46.7 Å². The molecule has 1 unspecified atom stereocenters. The van der Waals surface area contributed by atoms with E-state index < -0.39 is 0 Å². The highest BCUT2D eigenvalue weighted by atomic mass is 16.5. The van der Waals surface area contributed by atoms with Crippen LogP contribution in [0.25, 0.3) is 0 Å². The minimum atomic E-state index is 0.159. The van der Waals surface area contributed by atoms with Crippen LogP contribution in [0, 0.1) is 5.41 Å². The average molecular weight is 259 g/mol. The third-order valence-electron chi connectivity index (χ3n) is 3.39. The number of rotatable bonds is 8. The predicted molar refractivity (Wildman–Crippen MR) is 72.9 cm³/mol. The second-order valence-electron chi connectivity index (χ2n) is 6.26. The van der Waals surface area contributed by atoms with Gasteiger partial charge in [0, 0.05) is 37.8 Å². The summed E-state index contributed by atoms with van der Waals surface area (Å²) in [6, 6.07) is 0. The summed E-state index contributed by atoms with van der Waals surface area (Å²) < 4.78 is 16.1. The van der Waals surface area contributed by atoms with Crippen LogP contribution in [0.5, 0.6) is 0 Å². The van der Waals surface area contributed by atoms with Crippen LogP contribution in [-0.2, 0) is 14.2 Å². The Morgan fingerprint density at radius 2 is 2.00 bits per heavy atom. The van der Waals surface area contributed by atoms with Gasteiger partial charge in [0.1, 0.15) is 0 Å². The number of hydrogen-bond donors (Lipinski definition) is 1. The third kappa shape index (κ3) is 6.14. The van der Waals surface area contributed by atoms with E-state index in [1.807, 2.05) is 0 Å². The lowest BCUT2D eigenvalue weighted by atomic mass is 9.83. The van der Waals surface area contributed by atoms with E-state index in [0.29, 0.717) is 13.2 Å². The Morgan fingerprint density at radius 1 is 1.22 bits per heavy atom. The molecule has 1 fully saturated rings. The van der Waals surface area contributed by atoms with E-state index in [1.165, 1.54) is 0 Å². The highest BCUT2D eigenvalue weighted by Gasteiger charge is 2.35. The summed E-state index contributed by atoms with van der Waals surface area (Å²) >= 11 is 0. The van der Waals surface area contributed by atoms with Crippen molar-refractivity contribution in [1.82, 2.24) is 5.32 Å². The summed E-state index contributed by atoms with van der Waals surface area (Å²) in [4.78, 5) is 0. The molecule has 0 spiro atoms. The molecule has 4 nitrogen and oxygen atoms in total. The molecule has 0 aromatic carbocycles. The first kappa shape index (κ1) is 15.9. The fraction of sp³-hybridized carbons (Fsp3) is 1.00. The van der Waals surface area contributed by atoms with Crippen molar-refractivity contribution in [3.8, 4) is 0 Å². The molecule has 0 amide bonds. The first-order chi connectivity index (χ1) is 8.47. The van der Waals surface area contributed by atoms with Gasteiger partial charge in [-0.05, 0) is 33.6 Å². The Hall–Kier alpha value is -0.160. The van der Waals surface area contributed by atoms with Crippen LogP contribution in [0.4, 0.5) is 0 Å². The fourth-order valence-corrected chi connectivity index (χ4v) is 2.06. The average Bonchev–Trinajstić information content (AvgIpc) is 2.75. The maximum absolute atomic E-state index is 5.58. The highest BCUT2D eigenvalue weighted by Crippen LogP contribution is 2.32. The van der Waals surface area contributed by atoms with E-state index in [9.17, 15) is 0 Å². The highest BCUT2D eigenvalue weighted by molar-refractivity contribution is 4.87. The van der Waals surface area contributed by atoms with Crippen LogP contribution in [-0.4, -0.2) is 52.2 Å². The largest absolute Gasteiger partial charge is 0.382 e. The minimum Gasteiger partial charge on any atom is -0.382 e. The van der Waals surface area contributed by atoms with Gasteiger partial charge in [-0.15, -0.1) is 0 Å². The molecule has 1 N–H and O–H groups in total. The van der Waals surface area contributed by atoms with Gasteiger partial charge >= 0.3 is 0 Å². The van der Waals surface area contributed by atoms with Crippen LogP contribution in [0.3, 0.4) is 0 Å². The second-order valence-corrected chi connectivity index (χ2v) is 6.26. The zero-order chi connectivity index (χ0) is 13.5. The van der Waals surface area contributed by atoms with E-state index in [2.05, 4.69) is 26.1 Å². The molecule has 0 saturated carbocycles. The second kappa shape index (κ2) is 7.43. The van der Waals surface area contributed by atoms with Crippen molar-refractivity contribution in [3.63, 3.8) is 0 Å². The number of hydrogen-bond acceptors (Lipinski definition) is 4. The molecule has 1 heterocycles. The Bertz CT molecular complexity index is 220. The van der Waals surface area contributed by atoms with Gasteiger partial charge in [0.15, 0.2) is 0 Å². The van der Waals surface area contributed by atoms with E-state index >= 15 is 0 Å². The molecule has 1 saturated heterocycles. The molecule has 1 atom stereocenters. The van der Waals surface area contributed by atoms with Crippen LogP contribution in [0.1, 0.15) is 33.6 Å². The first-order valence-corrected chi connectivity index (χ1v) is 6.87. The quantitative estimate of drug-likeness (QED) is 0.675. The molecule has 108 valence electrons. The lowest BCUT2D eigenvalue weighted by Gasteiger charge is -2.32. The Kier molecular flexibility index (Phi) is 6.57. The Morgan fingerprint density at radius 3 is 2.56 bits per heavy atom. The molecule has 0 aliphatic carbocycles. The molecule has 4 heteroatoms. The topological polar surface area (TPSA) is 39.7 Å². The molecule has 0 aromatic heterocycles. The summed E-state index contributed by atoms with van der Waals surface area (Å²) in [5, 5.41) is 3.60. The summed E-state index contributed by atoms with van der Waals surface area (Å²) in [5.74, 6) is 0. The van der Waals surface area contributed by atoms with Crippen LogP contribution in [0.2, 0.25) is 0 Å². The van der Waals surface area contributed by atoms with Crippen LogP contribution in [0.15, 0.2) is 0 Å². The summed E-state index contributed by atoms with van der Waals surface area (Å²) in [7, 11) is 1.70. The zero-order valence-electron chi connectivity index (χ0n) is 12.4. The lowest BCUT2D eigenvalue weighted by molar-refractivity contribution is 0.0453. The van der Waals surface area contributed by atoms with Gasteiger partial charge in [-0.2, -0.15) is 0 Å². The van der Waals surface area contributed by atoms with Crippen molar-refractivity contribution in [3.05, 3.63) is 0 Å². The molecule has 1 rings (SSSR count). The van der Waals surface area contributed by atoms with E-state index in [-0.39, 0.29) is 11.0 Å². The van der Waals surface area contributed by atoms with Crippen LogP contribution < -0.4 is 5.32 Å². The molecular weight excluding hydrogens is 230 g/mol. The monoisotopic (exact) mass is 259 g/mol. The van der Waals surface area contributed by atoms with E-state index in [1.54, 1.807) is 7.11 Å². The smallest absolute Gasteiger partial charge is 0.0700 e. The summed E-state index contributed by atoms with van der Waals surface area (Å²) in [5.41, 5.74) is 0.410. The van der Waals surface area contributed by atoms with Crippen molar-refractivity contribution in [2.24, 2.45) is 5.41 Å². The number of nitrogens with one attached hydrogen (secondary N) is 1. The van der Waals surface area contributed by atoms with Gasteiger partial charge in [0.25, 0.3) is 0 Å². The molecule has 0 bridgehead atoms. The molecule has 0 radical (unpaired) electrons. The van der Waals surface area contributed by atoms with Crippen LogP contribution >= 0.6 is 0 Å². The van der Waals surface area contributed by atoms with Crippen molar-refractivity contribution in [1.29, 1.82) is 0 Å². The first-order valence-electron chi connectivity index (χ1n) is 6.87. The van der Waals surface area contributed by atoms with E-state index in [0.717, 1.165) is 39.2 Å². The molecule has 0 aromatic rings. The maximum Gasteiger partial charge on any atom is 0.0700 e. The van der Waals surface area contributed by atoms with E-state index in [4.69, 9.17) is 14.2 Å². The molecule has 1 aliphatic rings. The number of ether oxygens (including phenoxy) is 3. The standard InChI is InChI=1S/C14H29NO3/c1-13(2,3)15-11-14(6-8-18-12-14)5-7-17-10-9-16-4/h15H,5-12H2,1-4H3. The Balaban J connectivity index is 2.29. The van der Waals surface area contributed by atoms with Crippen molar-refractivity contribution < 1.29 is 14.2 Å². The molecule has 1 aliphatic heterocycles. The molecular formula is C14H29NO3. The van der Waals surface area contributed by atoms with Gasteiger partial charge in [-0.1, -0.05) is 0 Å². The SMILES string of the molecule is COCCOCCC1(CNC(C)(C)C)CCOC1. The van der Waals surface area contributed by atoms with Gasteiger partial charge < -0.3 is 19.5 Å². The summed E-state index contributed by atoms with van der Waals surface area (Å²) in [6.45, 7) is 11.5. The fourth-order valence-electron chi connectivity index (χ4n) is 2.06. The maximum atomic E-state index is 5.58. The molecule has 18 heavy (non-hydrogen) atoms. The minimum absolute atomic E-state index is 0.159. The summed E-state index contributed by atoms with van der Waals surface area (Å²) in [6.07, 6.45) is 2.18.